The summed E-state index contributed by atoms with van der Waals surface area (Å²) in [6.45, 7) is 3.00. The van der Waals surface area contributed by atoms with E-state index >= 15 is 0 Å². The van der Waals surface area contributed by atoms with Gasteiger partial charge in [-0.1, -0.05) is 18.2 Å². The molecule has 10 nitrogen and oxygen atoms in total. The van der Waals surface area contributed by atoms with E-state index in [1.807, 2.05) is 28.9 Å². The Balaban J connectivity index is 0.000000472. The SMILES string of the molecule is O=C(O)C(F)(F)F.O=C(O)c1ccc(-c2c(CCc3ccc4c(n3)CCCC4)nc3c(N4CCOCC4)ccnn23)cc1. The summed E-state index contributed by atoms with van der Waals surface area (Å²) in [5.41, 5.74) is 8.55. The number of carboxylic acid groups (broad SMARTS) is 2. The summed E-state index contributed by atoms with van der Waals surface area (Å²) in [5.74, 6) is -3.70. The Bertz CT molecular complexity index is 1620. The largest absolute Gasteiger partial charge is 0.490 e. The van der Waals surface area contributed by atoms with Crippen LogP contribution in [0, 0.1) is 0 Å². The summed E-state index contributed by atoms with van der Waals surface area (Å²) in [4.78, 5) is 32.7. The summed E-state index contributed by atoms with van der Waals surface area (Å²) < 4.78 is 39.2. The van der Waals surface area contributed by atoms with Gasteiger partial charge >= 0.3 is 18.1 Å². The molecule has 1 aromatic carbocycles. The van der Waals surface area contributed by atoms with E-state index in [9.17, 15) is 23.1 Å². The zero-order chi connectivity index (χ0) is 30.6. The number of morpholine rings is 1. The number of hydrogen-bond donors (Lipinski definition) is 2. The maximum Gasteiger partial charge on any atom is 0.490 e. The molecule has 1 fully saturated rings. The van der Waals surface area contributed by atoms with E-state index in [2.05, 4.69) is 22.1 Å². The average Bonchev–Trinajstić information content (AvgIpc) is 3.39. The van der Waals surface area contributed by atoms with Gasteiger partial charge in [-0.05, 0) is 68.4 Å². The minimum Gasteiger partial charge on any atom is -0.478 e. The molecule has 0 atom stereocenters. The van der Waals surface area contributed by atoms with E-state index in [0.717, 1.165) is 66.3 Å². The molecule has 4 aromatic rings. The number of hydrogen-bond acceptors (Lipinski definition) is 7. The molecule has 0 spiro atoms. The number of aryl methyl sites for hydroxylation is 4. The summed E-state index contributed by atoms with van der Waals surface area (Å²) in [5, 5.41) is 21.1. The van der Waals surface area contributed by atoms with Gasteiger partial charge < -0.3 is 19.8 Å². The number of aliphatic carboxylic acids is 1. The first-order valence-electron chi connectivity index (χ1n) is 13.9. The molecule has 6 rings (SSSR count). The number of aromatic carboxylic acids is 1. The van der Waals surface area contributed by atoms with Gasteiger partial charge in [0.25, 0.3) is 0 Å². The topological polar surface area (TPSA) is 130 Å². The average molecular weight is 598 g/mol. The van der Waals surface area contributed by atoms with E-state index in [0.29, 0.717) is 19.6 Å². The van der Waals surface area contributed by atoms with Crippen LogP contribution >= 0.6 is 0 Å². The predicted molar refractivity (Wildman–Crippen MR) is 150 cm³/mol. The second-order valence-electron chi connectivity index (χ2n) is 10.3. The Kier molecular flexibility index (Phi) is 8.90. The Morgan fingerprint density at radius 1 is 0.907 bits per heavy atom. The maximum atomic E-state index is 11.4. The lowest BCUT2D eigenvalue weighted by atomic mass is 9.95. The number of ether oxygens (including phenoxy) is 1. The Morgan fingerprint density at radius 3 is 2.28 bits per heavy atom. The molecule has 226 valence electrons. The quantitative estimate of drug-likeness (QED) is 0.327. The first-order chi connectivity index (χ1) is 20.6. The predicted octanol–water partition coefficient (Wildman–Crippen LogP) is 4.62. The summed E-state index contributed by atoms with van der Waals surface area (Å²) in [7, 11) is 0. The van der Waals surface area contributed by atoms with Gasteiger partial charge in [0.2, 0.25) is 0 Å². The third kappa shape index (κ3) is 6.94. The highest BCUT2D eigenvalue weighted by molar-refractivity contribution is 5.88. The maximum absolute atomic E-state index is 11.4. The molecule has 43 heavy (non-hydrogen) atoms. The van der Waals surface area contributed by atoms with E-state index in [1.54, 1.807) is 12.1 Å². The highest BCUT2D eigenvalue weighted by atomic mass is 19.4. The Morgan fingerprint density at radius 2 is 1.60 bits per heavy atom. The fourth-order valence-electron chi connectivity index (χ4n) is 5.28. The van der Waals surface area contributed by atoms with Crippen molar-refractivity contribution in [2.24, 2.45) is 0 Å². The number of imidazole rings is 1. The van der Waals surface area contributed by atoms with Crippen molar-refractivity contribution >= 4 is 23.3 Å². The second-order valence-corrected chi connectivity index (χ2v) is 10.3. The van der Waals surface area contributed by atoms with Gasteiger partial charge in [-0.3, -0.25) is 4.98 Å². The third-order valence-corrected chi connectivity index (χ3v) is 7.42. The summed E-state index contributed by atoms with van der Waals surface area (Å²) in [6.07, 6.45) is 2.87. The van der Waals surface area contributed by atoms with Crippen LogP contribution in [0.4, 0.5) is 18.9 Å². The van der Waals surface area contributed by atoms with Crippen molar-refractivity contribution in [3.63, 3.8) is 0 Å². The molecule has 4 heterocycles. The van der Waals surface area contributed by atoms with Crippen LogP contribution in [-0.2, 0) is 35.2 Å². The van der Waals surface area contributed by atoms with Crippen LogP contribution in [0.15, 0.2) is 48.7 Å². The van der Waals surface area contributed by atoms with Gasteiger partial charge in [-0.15, -0.1) is 0 Å². The van der Waals surface area contributed by atoms with Crippen LogP contribution in [0.1, 0.15) is 45.8 Å². The van der Waals surface area contributed by atoms with Crippen molar-refractivity contribution in [3.05, 3.63) is 76.9 Å². The third-order valence-electron chi connectivity index (χ3n) is 7.42. The van der Waals surface area contributed by atoms with Gasteiger partial charge in [0.15, 0.2) is 5.65 Å². The van der Waals surface area contributed by atoms with E-state index in [4.69, 9.17) is 24.6 Å². The van der Waals surface area contributed by atoms with Crippen molar-refractivity contribution in [2.45, 2.75) is 44.7 Å². The number of benzene rings is 1. The molecule has 0 unspecified atom stereocenters. The Labute approximate surface area is 244 Å². The number of rotatable bonds is 6. The normalized spacial score (nSPS) is 15.0. The van der Waals surface area contributed by atoms with Gasteiger partial charge in [-0.25, -0.2) is 19.1 Å². The van der Waals surface area contributed by atoms with Gasteiger partial charge in [0.05, 0.1) is 42.0 Å². The molecule has 1 aliphatic heterocycles. The first-order valence-corrected chi connectivity index (χ1v) is 13.9. The molecule has 13 heteroatoms. The minimum absolute atomic E-state index is 0.259. The summed E-state index contributed by atoms with van der Waals surface area (Å²) in [6, 6.07) is 13.4. The number of aromatic nitrogens is 4. The highest BCUT2D eigenvalue weighted by Gasteiger charge is 2.38. The fourth-order valence-corrected chi connectivity index (χ4v) is 5.28. The molecule has 0 radical (unpaired) electrons. The molecule has 0 amide bonds. The molecular formula is C30H30F3N5O5. The molecule has 1 aliphatic carbocycles. The smallest absolute Gasteiger partial charge is 0.478 e. The number of alkyl halides is 3. The number of anilines is 1. The van der Waals surface area contributed by atoms with Gasteiger partial charge in [0, 0.05) is 30.0 Å². The van der Waals surface area contributed by atoms with Crippen LogP contribution < -0.4 is 4.90 Å². The molecule has 3 aromatic heterocycles. The van der Waals surface area contributed by atoms with E-state index in [-0.39, 0.29) is 5.56 Å². The zero-order valence-corrected chi connectivity index (χ0v) is 23.2. The molecule has 0 bridgehead atoms. The number of halogens is 3. The van der Waals surface area contributed by atoms with Crippen molar-refractivity contribution in [1.82, 2.24) is 19.6 Å². The monoisotopic (exact) mass is 597 g/mol. The molecule has 2 aliphatic rings. The first kappa shape index (κ1) is 30.0. The lowest BCUT2D eigenvalue weighted by Crippen LogP contribution is -2.36. The van der Waals surface area contributed by atoms with Crippen LogP contribution in [0.3, 0.4) is 0 Å². The zero-order valence-electron chi connectivity index (χ0n) is 23.2. The lowest BCUT2D eigenvalue weighted by Gasteiger charge is -2.28. The lowest BCUT2D eigenvalue weighted by molar-refractivity contribution is -0.192. The van der Waals surface area contributed by atoms with E-state index in [1.165, 1.54) is 24.1 Å². The standard InChI is InChI=1S/C28H29N5O3.C2HF3O2/c34-28(35)21-7-5-20(6-8-21)26-24(12-11-22-10-9-19-3-1-2-4-23(19)30-22)31-27-25(13-14-29-33(26)27)32-15-17-36-18-16-32;3-2(4,5)1(6)7/h5-10,13-14H,1-4,11-12,15-18H2,(H,34,35);(H,6,7). The van der Waals surface area contributed by atoms with Crippen molar-refractivity contribution < 1.29 is 37.7 Å². The van der Waals surface area contributed by atoms with Crippen LogP contribution in [0.5, 0.6) is 0 Å². The van der Waals surface area contributed by atoms with Crippen molar-refractivity contribution in [1.29, 1.82) is 0 Å². The minimum atomic E-state index is -5.08. The van der Waals surface area contributed by atoms with Gasteiger partial charge in [0.1, 0.15) is 0 Å². The molecule has 1 saturated heterocycles. The number of nitrogens with zero attached hydrogens (tertiary/aromatic N) is 5. The van der Waals surface area contributed by atoms with Crippen molar-refractivity contribution in [3.8, 4) is 11.3 Å². The van der Waals surface area contributed by atoms with Crippen LogP contribution in [0.2, 0.25) is 0 Å². The number of fused-ring (bicyclic) bond motifs is 2. The molecular weight excluding hydrogens is 567 g/mol. The number of carbonyl (C=O) groups is 2. The highest BCUT2D eigenvalue weighted by Crippen LogP contribution is 2.31. The van der Waals surface area contributed by atoms with Gasteiger partial charge in [-0.2, -0.15) is 18.3 Å². The van der Waals surface area contributed by atoms with Crippen LogP contribution in [0.25, 0.3) is 16.9 Å². The van der Waals surface area contributed by atoms with Crippen LogP contribution in [-0.4, -0.2) is 74.2 Å². The number of carboxylic acids is 2. The summed E-state index contributed by atoms with van der Waals surface area (Å²) >= 11 is 0. The number of pyridine rings is 1. The second kappa shape index (κ2) is 12.8. The molecule has 0 saturated carbocycles. The van der Waals surface area contributed by atoms with E-state index < -0.39 is 18.1 Å². The fraction of sp³-hybridized carbons (Fsp3) is 0.367. The molecule has 2 N–H and O–H groups in total. The Hall–Kier alpha value is -4.52. The van der Waals surface area contributed by atoms with Crippen molar-refractivity contribution in [2.75, 3.05) is 31.2 Å².